The minimum absolute atomic E-state index is 0.135. The van der Waals surface area contributed by atoms with E-state index >= 15 is 0 Å². The third-order valence-electron chi connectivity index (χ3n) is 2.63. The number of pyridine rings is 1. The SMILES string of the molecule is Nc1cc(CO)nc2c1CCCC2O. The van der Waals surface area contributed by atoms with Crippen molar-refractivity contribution >= 4 is 5.69 Å². The molecule has 4 nitrogen and oxygen atoms in total. The van der Waals surface area contributed by atoms with Gasteiger partial charge >= 0.3 is 0 Å². The summed E-state index contributed by atoms with van der Waals surface area (Å²) < 4.78 is 0. The summed E-state index contributed by atoms with van der Waals surface area (Å²) in [4.78, 5) is 4.19. The van der Waals surface area contributed by atoms with Crippen LogP contribution in [0.15, 0.2) is 6.07 Å². The van der Waals surface area contributed by atoms with Crippen molar-refractivity contribution in [2.45, 2.75) is 32.0 Å². The van der Waals surface area contributed by atoms with Gasteiger partial charge in [0, 0.05) is 5.69 Å². The number of hydrogen-bond acceptors (Lipinski definition) is 4. The molecule has 4 N–H and O–H groups in total. The first-order valence-corrected chi connectivity index (χ1v) is 4.79. The van der Waals surface area contributed by atoms with Gasteiger partial charge < -0.3 is 15.9 Å². The van der Waals surface area contributed by atoms with E-state index in [0.29, 0.717) is 17.1 Å². The van der Waals surface area contributed by atoms with Crippen molar-refractivity contribution in [2.75, 3.05) is 5.73 Å². The molecule has 0 amide bonds. The highest BCUT2D eigenvalue weighted by Crippen LogP contribution is 2.31. The fourth-order valence-corrected chi connectivity index (χ4v) is 1.91. The zero-order valence-corrected chi connectivity index (χ0v) is 7.90. The third kappa shape index (κ3) is 1.47. The molecule has 0 saturated heterocycles. The molecular weight excluding hydrogens is 180 g/mol. The lowest BCUT2D eigenvalue weighted by Gasteiger charge is -2.22. The summed E-state index contributed by atoms with van der Waals surface area (Å²) in [5.74, 6) is 0. The Kier molecular flexibility index (Phi) is 2.39. The summed E-state index contributed by atoms with van der Waals surface area (Å²) in [5, 5.41) is 18.7. The number of hydrogen-bond donors (Lipinski definition) is 3. The Hall–Kier alpha value is -1.13. The van der Waals surface area contributed by atoms with E-state index in [-0.39, 0.29) is 6.61 Å². The molecule has 1 aliphatic carbocycles. The summed E-state index contributed by atoms with van der Waals surface area (Å²) in [6.07, 6.45) is 2.02. The molecule has 1 heterocycles. The van der Waals surface area contributed by atoms with Crippen molar-refractivity contribution < 1.29 is 10.2 Å². The number of nitrogen functional groups attached to an aromatic ring is 1. The summed E-state index contributed by atoms with van der Waals surface area (Å²) in [6, 6.07) is 1.68. The Morgan fingerprint density at radius 3 is 3.07 bits per heavy atom. The second-order valence-corrected chi connectivity index (χ2v) is 3.63. The molecule has 2 rings (SSSR count). The largest absolute Gasteiger partial charge is 0.398 e. The molecule has 1 aromatic heterocycles. The first kappa shape index (κ1) is 9.43. The maximum Gasteiger partial charge on any atom is 0.0963 e. The molecule has 0 radical (unpaired) electrons. The van der Waals surface area contributed by atoms with Gasteiger partial charge in [0.15, 0.2) is 0 Å². The summed E-state index contributed by atoms with van der Waals surface area (Å²) in [6.45, 7) is -0.135. The second kappa shape index (κ2) is 3.55. The van der Waals surface area contributed by atoms with E-state index < -0.39 is 6.10 Å². The number of anilines is 1. The smallest absolute Gasteiger partial charge is 0.0963 e. The van der Waals surface area contributed by atoms with E-state index in [9.17, 15) is 5.11 Å². The molecule has 14 heavy (non-hydrogen) atoms. The van der Waals surface area contributed by atoms with Crippen LogP contribution in [0.3, 0.4) is 0 Å². The molecule has 0 aromatic carbocycles. The summed E-state index contributed by atoms with van der Waals surface area (Å²) in [7, 11) is 0. The van der Waals surface area contributed by atoms with Crippen molar-refractivity contribution in [2.24, 2.45) is 0 Å². The number of aliphatic hydroxyl groups excluding tert-OH is 2. The molecule has 0 spiro atoms. The number of aliphatic hydroxyl groups is 2. The molecule has 0 bridgehead atoms. The van der Waals surface area contributed by atoms with Crippen molar-refractivity contribution in [3.8, 4) is 0 Å². The minimum Gasteiger partial charge on any atom is -0.398 e. The number of rotatable bonds is 1. The lowest BCUT2D eigenvalue weighted by atomic mass is 9.92. The molecule has 0 saturated carbocycles. The molecule has 76 valence electrons. The van der Waals surface area contributed by atoms with E-state index in [1.54, 1.807) is 6.07 Å². The van der Waals surface area contributed by atoms with Crippen LogP contribution in [0.1, 0.15) is 35.9 Å². The van der Waals surface area contributed by atoms with Crippen LogP contribution in [0.25, 0.3) is 0 Å². The van der Waals surface area contributed by atoms with Gasteiger partial charge in [0.2, 0.25) is 0 Å². The highest BCUT2D eigenvalue weighted by atomic mass is 16.3. The fraction of sp³-hybridized carbons (Fsp3) is 0.500. The summed E-state index contributed by atoms with van der Waals surface area (Å²) in [5.41, 5.74) is 8.58. The molecule has 4 heteroatoms. The predicted octanol–water partition coefficient (Wildman–Crippen LogP) is 0.526. The van der Waals surface area contributed by atoms with Crippen LogP contribution >= 0.6 is 0 Å². The van der Waals surface area contributed by atoms with Crippen molar-refractivity contribution in [1.29, 1.82) is 0 Å². The quantitative estimate of drug-likeness (QED) is 0.609. The van der Waals surface area contributed by atoms with Gasteiger partial charge in [-0.1, -0.05) is 0 Å². The third-order valence-corrected chi connectivity index (χ3v) is 2.63. The minimum atomic E-state index is -0.521. The molecular formula is C10H14N2O2. The van der Waals surface area contributed by atoms with E-state index in [4.69, 9.17) is 10.8 Å². The van der Waals surface area contributed by atoms with Crippen molar-refractivity contribution in [3.05, 3.63) is 23.0 Å². The fourth-order valence-electron chi connectivity index (χ4n) is 1.91. The van der Waals surface area contributed by atoms with Gasteiger partial charge in [0.25, 0.3) is 0 Å². The molecule has 1 atom stereocenters. The van der Waals surface area contributed by atoms with Crippen LogP contribution in [0, 0.1) is 0 Å². The number of nitrogens with zero attached hydrogens (tertiary/aromatic N) is 1. The Morgan fingerprint density at radius 1 is 1.57 bits per heavy atom. The van der Waals surface area contributed by atoms with Crippen LogP contribution in [0.4, 0.5) is 5.69 Å². The van der Waals surface area contributed by atoms with Crippen molar-refractivity contribution in [1.82, 2.24) is 4.98 Å². The van der Waals surface area contributed by atoms with Crippen LogP contribution in [-0.2, 0) is 13.0 Å². The normalized spacial score (nSPS) is 20.6. The molecule has 1 aliphatic rings. The molecule has 1 unspecified atom stereocenters. The maximum absolute atomic E-state index is 9.71. The number of aromatic nitrogens is 1. The van der Waals surface area contributed by atoms with Gasteiger partial charge in [-0.05, 0) is 30.9 Å². The van der Waals surface area contributed by atoms with E-state index in [1.165, 1.54) is 0 Å². The lowest BCUT2D eigenvalue weighted by molar-refractivity contribution is 0.150. The van der Waals surface area contributed by atoms with Crippen LogP contribution in [0.2, 0.25) is 0 Å². The lowest BCUT2D eigenvalue weighted by Crippen LogP contribution is -2.15. The highest BCUT2D eigenvalue weighted by molar-refractivity contribution is 5.51. The standard InChI is InChI=1S/C10H14N2O2/c11-8-4-6(5-13)12-10-7(8)2-1-3-9(10)14/h4,9,13-14H,1-3,5H2,(H2,11,12). The first-order chi connectivity index (χ1) is 6.72. The van der Waals surface area contributed by atoms with Crippen LogP contribution in [0.5, 0.6) is 0 Å². The average molecular weight is 194 g/mol. The maximum atomic E-state index is 9.71. The van der Waals surface area contributed by atoms with Gasteiger partial charge in [-0.25, -0.2) is 0 Å². The Morgan fingerprint density at radius 2 is 2.36 bits per heavy atom. The zero-order valence-electron chi connectivity index (χ0n) is 7.90. The highest BCUT2D eigenvalue weighted by Gasteiger charge is 2.21. The monoisotopic (exact) mass is 194 g/mol. The van der Waals surface area contributed by atoms with Gasteiger partial charge in [0.05, 0.1) is 24.1 Å². The van der Waals surface area contributed by atoms with Crippen molar-refractivity contribution in [3.63, 3.8) is 0 Å². The van der Waals surface area contributed by atoms with Gasteiger partial charge in [-0.15, -0.1) is 0 Å². The van der Waals surface area contributed by atoms with Gasteiger partial charge in [-0.3, -0.25) is 4.98 Å². The van der Waals surface area contributed by atoms with Gasteiger partial charge in [-0.2, -0.15) is 0 Å². The Balaban J connectivity index is 2.51. The zero-order chi connectivity index (χ0) is 10.1. The summed E-state index contributed by atoms with van der Waals surface area (Å²) >= 11 is 0. The number of fused-ring (bicyclic) bond motifs is 1. The topological polar surface area (TPSA) is 79.4 Å². The van der Waals surface area contributed by atoms with E-state index in [1.807, 2.05) is 0 Å². The Labute approximate surface area is 82.4 Å². The second-order valence-electron chi connectivity index (χ2n) is 3.63. The Bertz CT molecular complexity index is 352. The molecule has 0 fully saturated rings. The molecule has 1 aromatic rings. The predicted molar refractivity (Wildman–Crippen MR) is 52.5 cm³/mol. The van der Waals surface area contributed by atoms with Crippen LogP contribution in [-0.4, -0.2) is 15.2 Å². The van der Waals surface area contributed by atoms with E-state index in [0.717, 1.165) is 24.8 Å². The number of nitrogens with two attached hydrogens (primary N) is 1. The average Bonchev–Trinajstić information content (AvgIpc) is 2.19. The first-order valence-electron chi connectivity index (χ1n) is 4.79. The molecule has 0 aliphatic heterocycles. The van der Waals surface area contributed by atoms with Gasteiger partial charge in [0.1, 0.15) is 0 Å². The van der Waals surface area contributed by atoms with E-state index in [2.05, 4.69) is 4.98 Å². The van der Waals surface area contributed by atoms with Crippen LogP contribution < -0.4 is 5.73 Å².